The standard InChI is InChI=1S/C16H11F3N2O2/c1-10-8-11-9-14(21(22)23)6-7-15(11)20(10)13-4-2-12(3-5-13)16(17,18)19/h2-9H,1H3. The van der Waals surface area contributed by atoms with E-state index in [0.717, 1.165) is 17.8 Å². The molecule has 0 spiro atoms. The van der Waals surface area contributed by atoms with Crippen molar-refractivity contribution < 1.29 is 18.1 Å². The molecule has 3 aromatic rings. The number of aromatic nitrogens is 1. The van der Waals surface area contributed by atoms with Crippen LogP contribution in [-0.4, -0.2) is 9.49 Å². The zero-order valence-electron chi connectivity index (χ0n) is 12.0. The zero-order valence-corrected chi connectivity index (χ0v) is 12.0. The predicted octanol–water partition coefficient (Wildman–Crippen LogP) is 4.87. The van der Waals surface area contributed by atoms with E-state index in [1.165, 1.54) is 24.3 Å². The first-order chi connectivity index (χ1) is 10.8. The average molecular weight is 320 g/mol. The molecule has 0 aliphatic rings. The molecule has 0 unspecified atom stereocenters. The van der Waals surface area contributed by atoms with Gasteiger partial charge in [-0.25, -0.2) is 0 Å². The monoisotopic (exact) mass is 320 g/mol. The summed E-state index contributed by atoms with van der Waals surface area (Å²) in [6.45, 7) is 1.80. The SMILES string of the molecule is Cc1cc2cc([N+](=O)[O-])ccc2n1-c1ccc(C(F)(F)F)cc1. The Morgan fingerprint density at radius 1 is 1.04 bits per heavy atom. The van der Waals surface area contributed by atoms with Crippen LogP contribution in [0.4, 0.5) is 18.9 Å². The Morgan fingerprint density at radius 2 is 1.70 bits per heavy atom. The lowest BCUT2D eigenvalue weighted by Gasteiger charge is -2.11. The van der Waals surface area contributed by atoms with Gasteiger partial charge in [0, 0.05) is 28.9 Å². The number of fused-ring (bicyclic) bond motifs is 1. The summed E-state index contributed by atoms with van der Waals surface area (Å²) in [5.41, 5.74) is 1.31. The fraction of sp³-hybridized carbons (Fsp3) is 0.125. The van der Waals surface area contributed by atoms with Gasteiger partial charge in [0.25, 0.3) is 5.69 Å². The molecule has 7 heteroatoms. The second kappa shape index (κ2) is 5.12. The minimum Gasteiger partial charge on any atom is -0.314 e. The van der Waals surface area contributed by atoms with Crippen molar-refractivity contribution in [3.63, 3.8) is 0 Å². The smallest absolute Gasteiger partial charge is 0.314 e. The Kier molecular flexibility index (Phi) is 3.35. The average Bonchev–Trinajstić information content (AvgIpc) is 2.81. The highest BCUT2D eigenvalue weighted by atomic mass is 19.4. The molecule has 0 N–H and O–H groups in total. The number of rotatable bonds is 2. The van der Waals surface area contributed by atoms with E-state index in [2.05, 4.69) is 0 Å². The summed E-state index contributed by atoms with van der Waals surface area (Å²) < 4.78 is 39.7. The van der Waals surface area contributed by atoms with Crippen molar-refractivity contribution in [2.75, 3.05) is 0 Å². The number of hydrogen-bond donors (Lipinski definition) is 0. The predicted molar refractivity (Wildman–Crippen MR) is 79.7 cm³/mol. The van der Waals surface area contributed by atoms with Gasteiger partial charge in [0.15, 0.2) is 0 Å². The lowest BCUT2D eigenvalue weighted by molar-refractivity contribution is -0.384. The van der Waals surface area contributed by atoms with Crippen LogP contribution in [0.2, 0.25) is 0 Å². The van der Waals surface area contributed by atoms with Crippen molar-refractivity contribution >= 4 is 16.6 Å². The molecule has 0 aliphatic heterocycles. The maximum absolute atomic E-state index is 12.6. The van der Waals surface area contributed by atoms with Crippen LogP contribution in [-0.2, 0) is 6.18 Å². The van der Waals surface area contributed by atoms with Gasteiger partial charge in [-0.2, -0.15) is 13.2 Å². The van der Waals surface area contributed by atoms with Gasteiger partial charge in [-0.3, -0.25) is 10.1 Å². The van der Waals surface area contributed by atoms with Crippen LogP contribution in [0.5, 0.6) is 0 Å². The van der Waals surface area contributed by atoms with E-state index in [1.807, 2.05) is 0 Å². The third kappa shape index (κ3) is 2.65. The minimum atomic E-state index is -4.38. The molecule has 0 bridgehead atoms. The van der Waals surface area contributed by atoms with Crippen LogP contribution in [0, 0.1) is 17.0 Å². The van der Waals surface area contributed by atoms with Gasteiger partial charge in [0.1, 0.15) is 0 Å². The molecule has 2 aromatic carbocycles. The number of benzene rings is 2. The maximum Gasteiger partial charge on any atom is 0.416 e. The highest BCUT2D eigenvalue weighted by Gasteiger charge is 2.30. The van der Waals surface area contributed by atoms with Crippen molar-refractivity contribution in [1.82, 2.24) is 4.57 Å². The number of aryl methyl sites for hydroxylation is 1. The van der Waals surface area contributed by atoms with Crippen molar-refractivity contribution in [2.24, 2.45) is 0 Å². The third-order valence-electron chi connectivity index (χ3n) is 3.63. The summed E-state index contributed by atoms with van der Waals surface area (Å²) in [4.78, 5) is 10.3. The van der Waals surface area contributed by atoms with E-state index in [4.69, 9.17) is 0 Å². The van der Waals surface area contributed by atoms with Crippen molar-refractivity contribution in [1.29, 1.82) is 0 Å². The Labute approximate surface area is 128 Å². The van der Waals surface area contributed by atoms with Crippen LogP contribution in [0.25, 0.3) is 16.6 Å². The summed E-state index contributed by atoms with van der Waals surface area (Å²) in [5, 5.41) is 11.5. The van der Waals surface area contributed by atoms with Gasteiger partial charge in [-0.1, -0.05) is 0 Å². The molecule has 3 rings (SSSR count). The summed E-state index contributed by atoms with van der Waals surface area (Å²) in [6.07, 6.45) is -4.38. The molecule has 0 radical (unpaired) electrons. The second-order valence-electron chi connectivity index (χ2n) is 5.17. The number of hydrogen-bond acceptors (Lipinski definition) is 2. The molecule has 0 saturated heterocycles. The molecular formula is C16H11F3N2O2. The molecule has 4 nitrogen and oxygen atoms in total. The highest BCUT2D eigenvalue weighted by Crippen LogP contribution is 2.31. The summed E-state index contributed by atoms with van der Waals surface area (Å²) in [5.74, 6) is 0. The molecule has 23 heavy (non-hydrogen) atoms. The van der Waals surface area contributed by atoms with Crippen LogP contribution in [0.15, 0.2) is 48.5 Å². The normalized spacial score (nSPS) is 11.8. The van der Waals surface area contributed by atoms with E-state index in [9.17, 15) is 23.3 Å². The first-order valence-corrected chi connectivity index (χ1v) is 6.71. The van der Waals surface area contributed by atoms with Gasteiger partial charge in [-0.05, 0) is 43.3 Å². The van der Waals surface area contributed by atoms with E-state index >= 15 is 0 Å². The maximum atomic E-state index is 12.6. The summed E-state index contributed by atoms with van der Waals surface area (Å²) in [7, 11) is 0. The van der Waals surface area contributed by atoms with E-state index < -0.39 is 16.7 Å². The fourth-order valence-corrected chi connectivity index (χ4v) is 2.60. The topological polar surface area (TPSA) is 48.1 Å². The van der Waals surface area contributed by atoms with Gasteiger partial charge < -0.3 is 4.57 Å². The van der Waals surface area contributed by atoms with Crippen molar-refractivity contribution in [2.45, 2.75) is 13.1 Å². The van der Waals surface area contributed by atoms with E-state index in [1.54, 1.807) is 23.6 Å². The molecule has 1 aromatic heterocycles. The molecule has 0 atom stereocenters. The Morgan fingerprint density at radius 3 is 2.26 bits per heavy atom. The van der Waals surface area contributed by atoms with Gasteiger partial charge in [-0.15, -0.1) is 0 Å². The van der Waals surface area contributed by atoms with Crippen LogP contribution in [0.3, 0.4) is 0 Å². The number of alkyl halides is 3. The van der Waals surface area contributed by atoms with Gasteiger partial charge >= 0.3 is 6.18 Å². The summed E-state index contributed by atoms with van der Waals surface area (Å²) >= 11 is 0. The van der Waals surface area contributed by atoms with E-state index in [0.29, 0.717) is 16.6 Å². The van der Waals surface area contributed by atoms with E-state index in [-0.39, 0.29) is 5.69 Å². The summed E-state index contributed by atoms with van der Waals surface area (Å²) in [6, 6.07) is 11.0. The lowest BCUT2D eigenvalue weighted by atomic mass is 10.2. The third-order valence-corrected chi connectivity index (χ3v) is 3.63. The highest BCUT2D eigenvalue weighted by molar-refractivity contribution is 5.85. The number of nitro benzene ring substituents is 1. The Hall–Kier alpha value is -2.83. The molecule has 0 aliphatic carbocycles. The molecule has 0 saturated carbocycles. The Bertz CT molecular complexity index is 896. The molecule has 118 valence electrons. The number of nitro groups is 1. The number of nitrogens with zero attached hydrogens (tertiary/aromatic N) is 2. The fourth-order valence-electron chi connectivity index (χ4n) is 2.60. The van der Waals surface area contributed by atoms with Crippen LogP contribution < -0.4 is 0 Å². The lowest BCUT2D eigenvalue weighted by Crippen LogP contribution is -2.05. The zero-order chi connectivity index (χ0) is 16.8. The molecular weight excluding hydrogens is 309 g/mol. The van der Waals surface area contributed by atoms with Crippen molar-refractivity contribution in [3.05, 3.63) is 69.9 Å². The second-order valence-corrected chi connectivity index (χ2v) is 5.17. The van der Waals surface area contributed by atoms with Crippen LogP contribution >= 0.6 is 0 Å². The molecule has 0 fully saturated rings. The van der Waals surface area contributed by atoms with Crippen molar-refractivity contribution in [3.8, 4) is 5.69 Å². The van der Waals surface area contributed by atoms with Crippen LogP contribution in [0.1, 0.15) is 11.3 Å². The van der Waals surface area contributed by atoms with Gasteiger partial charge in [0.2, 0.25) is 0 Å². The minimum absolute atomic E-state index is 0.0259. The molecule has 1 heterocycles. The first kappa shape index (κ1) is 15.1. The Balaban J connectivity index is 2.12. The molecule has 0 amide bonds. The number of non-ortho nitro benzene ring substituents is 1. The quantitative estimate of drug-likeness (QED) is 0.500. The van der Waals surface area contributed by atoms with Gasteiger partial charge in [0.05, 0.1) is 16.0 Å². The largest absolute Gasteiger partial charge is 0.416 e. The number of halogens is 3. The first-order valence-electron chi connectivity index (χ1n) is 6.71.